The minimum atomic E-state index is -0.854. The van der Waals surface area contributed by atoms with Crippen LogP contribution in [0.3, 0.4) is 0 Å². The molecule has 0 amide bonds. The van der Waals surface area contributed by atoms with Crippen molar-refractivity contribution in [3.63, 3.8) is 0 Å². The summed E-state index contributed by atoms with van der Waals surface area (Å²) >= 11 is 4.52. The van der Waals surface area contributed by atoms with Crippen LogP contribution in [-0.4, -0.2) is 18.6 Å². The van der Waals surface area contributed by atoms with Gasteiger partial charge in [0.25, 0.3) is 0 Å². The van der Waals surface area contributed by atoms with Crippen molar-refractivity contribution < 1.29 is 0 Å². The predicted molar refractivity (Wildman–Crippen MR) is 48.7 cm³/mol. The van der Waals surface area contributed by atoms with Gasteiger partial charge in [0.15, 0.2) is 0 Å². The number of thiol groups is 1. The zero-order valence-corrected chi connectivity index (χ0v) is 7.67. The Bertz CT molecular complexity index is 101. The van der Waals surface area contributed by atoms with Gasteiger partial charge in [0.05, 0.1) is 0 Å². The first-order valence-corrected chi connectivity index (χ1v) is 6.69. The molecular weight excluding hydrogens is 135 g/mol. The summed E-state index contributed by atoms with van der Waals surface area (Å²) in [5.74, 6) is 2.34. The van der Waals surface area contributed by atoms with E-state index in [1.165, 1.54) is 12.6 Å². The third-order valence-corrected chi connectivity index (χ3v) is 4.99. The van der Waals surface area contributed by atoms with Gasteiger partial charge < -0.3 is 0 Å². The highest BCUT2D eigenvalue weighted by Crippen LogP contribution is 2.46. The fourth-order valence-corrected chi connectivity index (χ4v) is 2.06. The van der Waals surface area contributed by atoms with Gasteiger partial charge in [-0.05, 0) is 19.2 Å². The molecule has 0 aromatic carbocycles. The van der Waals surface area contributed by atoms with Crippen molar-refractivity contribution in [3.05, 3.63) is 0 Å². The topological polar surface area (TPSA) is 0 Å². The van der Waals surface area contributed by atoms with Crippen molar-refractivity contribution in [2.24, 2.45) is 0 Å². The number of rotatable bonds is 2. The molecule has 0 spiro atoms. The van der Waals surface area contributed by atoms with Gasteiger partial charge >= 0.3 is 0 Å². The summed E-state index contributed by atoms with van der Waals surface area (Å²) in [5.41, 5.74) is 0. The van der Waals surface area contributed by atoms with Crippen molar-refractivity contribution in [1.82, 2.24) is 0 Å². The summed E-state index contributed by atoms with van der Waals surface area (Å²) in [6.45, 7) is 6.62. The molecule has 50 valence electrons. The van der Waals surface area contributed by atoms with E-state index in [1.807, 2.05) is 0 Å². The van der Waals surface area contributed by atoms with Crippen LogP contribution >= 0.6 is 18.3 Å². The molecule has 1 unspecified atom stereocenters. The molecule has 0 saturated heterocycles. The van der Waals surface area contributed by atoms with Gasteiger partial charge in [-0.15, -0.1) is 0 Å². The van der Waals surface area contributed by atoms with Crippen molar-refractivity contribution in [3.8, 4) is 0 Å². The van der Waals surface area contributed by atoms with E-state index in [9.17, 15) is 0 Å². The molecule has 0 aliphatic heterocycles. The van der Waals surface area contributed by atoms with Crippen molar-refractivity contribution in [2.45, 2.75) is 20.3 Å². The standard InChI is InChI=1S/C6H15PS/c1-4-6-7(3,8)5-2/h6,8H,4-5H2,1-3H3. The first kappa shape index (κ1) is 8.65. The van der Waals surface area contributed by atoms with E-state index in [-0.39, 0.29) is 0 Å². The van der Waals surface area contributed by atoms with E-state index in [0.717, 1.165) is 0 Å². The Morgan fingerprint density at radius 3 is 2.12 bits per heavy atom. The second-order valence-corrected chi connectivity index (χ2v) is 8.29. The van der Waals surface area contributed by atoms with Gasteiger partial charge in [0.1, 0.15) is 0 Å². The van der Waals surface area contributed by atoms with Gasteiger partial charge in [-0.2, -0.15) is 12.2 Å². The Morgan fingerprint density at radius 2 is 2.00 bits per heavy atom. The Kier molecular flexibility index (Phi) is 3.93. The molecule has 0 aromatic rings. The summed E-state index contributed by atoms with van der Waals surface area (Å²) in [6.07, 6.45) is 1.54. The van der Waals surface area contributed by atoms with Gasteiger partial charge in [-0.25, -0.2) is 0 Å². The van der Waals surface area contributed by atoms with Crippen molar-refractivity contribution in [2.75, 3.05) is 12.8 Å². The summed E-state index contributed by atoms with van der Waals surface area (Å²) in [7, 11) is 0. The SMILES string of the molecule is CCC=P(C)(S)CC. The van der Waals surface area contributed by atoms with Crippen LogP contribution < -0.4 is 0 Å². The van der Waals surface area contributed by atoms with Crippen LogP contribution in [-0.2, 0) is 0 Å². The average Bonchev–Trinajstić information content (AvgIpc) is 1.67. The molecule has 0 rings (SSSR count). The summed E-state index contributed by atoms with van der Waals surface area (Å²) in [5, 5.41) is 0. The summed E-state index contributed by atoms with van der Waals surface area (Å²) in [6, 6.07) is 0. The van der Waals surface area contributed by atoms with Crippen LogP contribution in [0, 0.1) is 0 Å². The van der Waals surface area contributed by atoms with E-state index in [0.29, 0.717) is 0 Å². The lowest BCUT2D eigenvalue weighted by Crippen LogP contribution is -1.77. The van der Waals surface area contributed by atoms with Crippen LogP contribution in [0.5, 0.6) is 0 Å². The molecule has 0 radical (unpaired) electrons. The minimum absolute atomic E-state index is 0.854. The van der Waals surface area contributed by atoms with Gasteiger partial charge in [-0.3, -0.25) is 0 Å². The summed E-state index contributed by atoms with van der Waals surface area (Å²) < 4.78 is 0. The fourth-order valence-electron chi connectivity index (χ4n) is 0.522. The molecule has 0 bridgehead atoms. The molecule has 0 fully saturated rings. The molecule has 0 aliphatic rings. The highest BCUT2D eigenvalue weighted by molar-refractivity contribution is 8.51. The average molecular weight is 150 g/mol. The van der Waals surface area contributed by atoms with Crippen LogP contribution in [0.4, 0.5) is 0 Å². The van der Waals surface area contributed by atoms with E-state index in [1.54, 1.807) is 0 Å². The maximum absolute atomic E-state index is 4.52. The first-order chi connectivity index (χ1) is 3.62. The van der Waals surface area contributed by atoms with E-state index >= 15 is 0 Å². The van der Waals surface area contributed by atoms with Gasteiger partial charge in [-0.1, -0.05) is 25.7 Å². The first-order valence-electron chi connectivity index (χ1n) is 3.04. The lowest BCUT2D eigenvalue weighted by atomic mass is 10.6. The highest BCUT2D eigenvalue weighted by Gasteiger charge is 1.96. The zero-order valence-electron chi connectivity index (χ0n) is 5.89. The Labute approximate surface area is 57.8 Å². The molecule has 1 atom stereocenters. The Balaban J connectivity index is 3.88. The summed E-state index contributed by atoms with van der Waals surface area (Å²) in [4.78, 5) is 0. The molecule has 0 aliphatic carbocycles. The zero-order chi connectivity index (χ0) is 6.62. The van der Waals surface area contributed by atoms with Crippen molar-refractivity contribution in [1.29, 1.82) is 0 Å². The molecular formula is C6H15PS. The molecule has 2 heteroatoms. The smallest absolute Gasteiger partial charge is 0.0277 e. The van der Waals surface area contributed by atoms with Crippen molar-refractivity contribution >= 4 is 24.1 Å². The van der Waals surface area contributed by atoms with Gasteiger partial charge in [0.2, 0.25) is 0 Å². The Hall–Kier alpha value is 0.650. The minimum Gasteiger partial charge on any atom is -0.153 e. The molecule has 0 saturated carbocycles. The molecule has 0 heterocycles. The normalized spacial score (nSPS) is 17.5. The third-order valence-electron chi connectivity index (χ3n) is 1.22. The molecule has 0 nitrogen and oxygen atoms in total. The number of hydrogen-bond donors (Lipinski definition) is 1. The lowest BCUT2D eigenvalue weighted by molar-refractivity contribution is 1.35. The second kappa shape index (κ2) is 3.63. The third kappa shape index (κ3) is 3.63. The predicted octanol–water partition coefficient (Wildman–Crippen LogP) is 2.71. The quantitative estimate of drug-likeness (QED) is 0.454. The van der Waals surface area contributed by atoms with Crippen LogP contribution in [0.2, 0.25) is 0 Å². The fraction of sp³-hybridized carbons (Fsp3) is 0.833. The van der Waals surface area contributed by atoms with E-state index in [2.05, 4.69) is 38.6 Å². The molecule has 8 heavy (non-hydrogen) atoms. The van der Waals surface area contributed by atoms with Crippen LogP contribution in [0.1, 0.15) is 20.3 Å². The molecule has 0 N–H and O–H groups in total. The second-order valence-electron chi connectivity index (χ2n) is 2.12. The Morgan fingerprint density at radius 1 is 1.50 bits per heavy atom. The largest absolute Gasteiger partial charge is 0.153 e. The number of hydrogen-bond acceptors (Lipinski definition) is 1. The maximum atomic E-state index is 4.52. The molecule has 0 aromatic heterocycles. The maximum Gasteiger partial charge on any atom is -0.0277 e. The van der Waals surface area contributed by atoms with E-state index < -0.39 is 6.09 Å². The van der Waals surface area contributed by atoms with Crippen LogP contribution in [0.25, 0.3) is 0 Å². The highest BCUT2D eigenvalue weighted by atomic mass is 32.7. The van der Waals surface area contributed by atoms with Crippen LogP contribution in [0.15, 0.2) is 0 Å². The monoisotopic (exact) mass is 150 g/mol. The van der Waals surface area contributed by atoms with E-state index in [4.69, 9.17) is 0 Å². The van der Waals surface area contributed by atoms with Gasteiger partial charge in [0, 0.05) is 0 Å². The lowest BCUT2D eigenvalue weighted by Gasteiger charge is -2.08.